The number of amides is 1. The van der Waals surface area contributed by atoms with Crippen molar-refractivity contribution in [3.8, 4) is 5.75 Å². The largest absolute Gasteiger partial charge is 0.510 e. The highest BCUT2D eigenvalue weighted by Gasteiger charge is 2.67. The van der Waals surface area contributed by atoms with Gasteiger partial charge in [-0.05, 0) is 64.5 Å². The topological polar surface area (TPSA) is 185 Å². The summed E-state index contributed by atoms with van der Waals surface area (Å²) >= 11 is 0. The fraction of sp³-hybridized carbons (Fsp3) is 0.567. The first kappa shape index (κ1) is 30.7. The van der Waals surface area contributed by atoms with Gasteiger partial charge in [-0.15, -0.1) is 0 Å². The zero-order chi connectivity index (χ0) is 30.9. The Balaban J connectivity index is 1.92. The number of likely N-dealkylation sites (N-methyl/N-ethyl adjacent to an activating group) is 1. The molecule has 0 radical (unpaired) electrons. The van der Waals surface area contributed by atoms with Crippen LogP contribution < -0.4 is 5.73 Å². The molecule has 3 aliphatic rings. The van der Waals surface area contributed by atoms with E-state index in [4.69, 9.17) is 5.73 Å². The number of aromatic hydroxyl groups is 1. The average Bonchev–Trinajstić information content (AvgIpc) is 2.85. The van der Waals surface area contributed by atoms with Crippen LogP contribution in [0, 0.1) is 11.8 Å². The van der Waals surface area contributed by atoms with Gasteiger partial charge >= 0.3 is 0 Å². The number of hydrogen-bond donors (Lipinski definition) is 6. The molecule has 7 N–H and O–H groups in total. The van der Waals surface area contributed by atoms with E-state index >= 15 is 0 Å². The molecule has 1 amide bonds. The molecule has 4 rings (SSSR count). The molecule has 11 nitrogen and oxygen atoms in total. The number of phenols is 1. The van der Waals surface area contributed by atoms with Gasteiger partial charge in [0, 0.05) is 17.1 Å². The van der Waals surface area contributed by atoms with Crippen LogP contribution in [-0.4, -0.2) is 105 Å². The molecule has 41 heavy (non-hydrogen) atoms. The fourth-order valence-corrected chi connectivity index (χ4v) is 7.14. The number of Topliss-reactive ketones (excluding diaryl/α,β-unsaturated/α-hetero) is 2. The van der Waals surface area contributed by atoms with Crippen molar-refractivity contribution in [2.24, 2.45) is 17.6 Å². The number of carbonyl (C=O) groups excluding carboxylic acids is 3. The number of hydrogen-bond acceptors (Lipinski definition) is 10. The monoisotopic (exact) mass is 571 g/mol. The lowest BCUT2D eigenvalue weighted by atomic mass is 9.55. The quantitative estimate of drug-likeness (QED) is 0.260. The van der Waals surface area contributed by atoms with E-state index < -0.39 is 81.1 Å². The number of fused-ring (bicyclic) bond motifs is 3. The molecule has 0 heterocycles. The summed E-state index contributed by atoms with van der Waals surface area (Å²) in [6.45, 7) is 6.48. The highest BCUT2D eigenvalue weighted by Crippen LogP contribution is 2.56. The second kappa shape index (κ2) is 10.2. The van der Waals surface area contributed by atoms with Crippen LogP contribution in [0.3, 0.4) is 0 Å². The lowest BCUT2D eigenvalue weighted by Crippen LogP contribution is -2.68. The standard InChI is InChI=1S/C30H41N3O8/c1-13-14-9-10-15(29(2,3)11-8-12-32(4)5)22(34)17(14)23(35)18-16(13)24(36)20-21(33(6)7)25(37)19(28(31)40)27(39)30(20,41)26(18)38/h9-10,13,16,20-21,24,34,36-38,41H,8,11-12H2,1-7H3,(H2,31,40)/t13-,16+,20+,21-,24-,30-/m0/s1. The molecule has 0 unspecified atom stereocenters. The van der Waals surface area contributed by atoms with Crippen LogP contribution in [0.25, 0.3) is 0 Å². The van der Waals surface area contributed by atoms with Gasteiger partial charge in [-0.2, -0.15) is 0 Å². The van der Waals surface area contributed by atoms with Crippen LogP contribution in [0.2, 0.25) is 0 Å². The molecule has 11 heteroatoms. The summed E-state index contributed by atoms with van der Waals surface area (Å²) in [5, 5.41) is 57.5. The Morgan fingerprint density at radius 2 is 1.71 bits per heavy atom. The summed E-state index contributed by atoms with van der Waals surface area (Å²) in [5.74, 6) is -8.83. The average molecular weight is 572 g/mol. The summed E-state index contributed by atoms with van der Waals surface area (Å²) in [4.78, 5) is 43.2. The molecule has 6 atom stereocenters. The van der Waals surface area contributed by atoms with Gasteiger partial charge in [0.1, 0.15) is 22.8 Å². The van der Waals surface area contributed by atoms with Gasteiger partial charge in [0.2, 0.25) is 5.78 Å². The molecule has 0 saturated carbocycles. The first-order chi connectivity index (χ1) is 18.9. The van der Waals surface area contributed by atoms with Crippen LogP contribution in [0.1, 0.15) is 61.0 Å². The third-order valence-corrected chi connectivity index (χ3v) is 9.27. The molecule has 0 saturated heterocycles. The first-order valence-corrected chi connectivity index (χ1v) is 13.7. The summed E-state index contributed by atoms with van der Waals surface area (Å²) in [7, 11) is 6.95. The van der Waals surface area contributed by atoms with Crippen molar-refractivity contribution < 1.29 is 39.9 Å². The smallest absolute Gasteiger partial charge is 0.255 e. The summed E-state index contributed by atoms with van der Waals surface area (Å²) in [6.07, 6.45) is -0.0626. The number of phenolic OH excluding ortho intramolecular Hbond substituents is 1. The highest BCUT2D eigenvalue weighted by atomic mass is 16.4. The van der Waals surface area contributed by atoms with Crippen LogP contribution >= 0.6 is 0 Å². The predicted octanol–water partition coefficient (Wildman–Crippen LogP) is 1.27. The Hall–Kier alpha value is -3.25. The number of nitrogens with two attached hydrogens (primary N) is 1. The fourth-order valence-electron chi connectivity index (χ4n) is 7.14. The van der Waals surface area contributed by atoms with Gasteiger partial charge in [0.05, 0.1) is 23.6 Å². The van der Waals surface area contributed by atoms with Crippen molar-refractivity contribution in [2.75, 3.05) is 34.7 Å². The molecular formula is C30H41N3O8. The second-order valence-corrected chi connectivity index (χ2v) is 12.8. The molecule has 0 aromatic heterocycles. The first-order valence-electron chi connectivity index (χ1n) is 13.7. The normalized spacial score (nSPS) is 30.1. The summed E-state index contributed by atoms with van der Waals surface area (Å²) < 4.78 is 0. The lowest BCUT2D eigenvalue weighted by molar-refractivity contribution is -0.162. The third-order valence-electron chi connectivity index (χ3n) is 9.27. The number of benzene rings is 1. The van der Waals surface area contributed by atoms with E-state index in [1.807, 2.05) is 27.9 Å². The van der Waals surface area contributed by atoms with Crippen molar-refractivity contribution in [3.05, 3.63) is 51.5 Å². The maximum Gasteiger partial charge on any atom is 0.255 e. The minimum absolute atomic E-state index is 0.0660. The van der Waals surface area contributed by atoms with Crippen molar-refractivity contribution in [1.82, 2.24) is 9.80 Å². The van der Waals surface area contributed by atoms with E-state index in [0.717, 1.165) is 13.0 Å². The van der Waals surface area contributed by atoms with Gasteiger partial charge in [0.15, 0.2) is 11.4 Å². The van der Waals surface area contributed by atoms with Crippen LogP contribution in [0.4, 0.5) is 0 Å². The lowest BCUT2D eigenvalue weighted by Gasteiger charge is -2.53. The second-order valence-electron chi connectivity index (χ2n) is 12.8. The molecule has 0 aliphatic heterocycles. The Morgan fingerprint density at radius 3 is 2.24 bits per heavy atom. The third kappa shape index (κ3) is 4.37. The Labute approximate surface area is 239 Å². The maximum atomic E-state index is 14.1. The highest BCUT2D eigenvalue weighted by molar-refractivity contribution is 6.25. The van der Waals surface area contributed by atoms with Gasteiger partial charge < -0.3 is 36.2 Å². The molecule has 1 aromatic carbocycles. The van der Waals surface area contributed by atoms with Gasteiger partial charge in [-0.1, -0.05) is 32.9 Å². The zero-order valence-electron chi connectivity index (χ0n) is 24.6. The molecular weight excluding hydrogens is 530 g/mol. The van der Waals surface area contributed by atoms with Crippen molar-refractivity contribution >= 4 is 17.5 Å². The Bertz CT molecular complexity index is 1380. The van der Waals surface area contributed by atoms with Crippen LogP contribution in [-0.2, 0) is 15.0 Å². The van der Waals surface area contributed by atoms with E-state index in [9.17, 15) is 39.9 Å². The van der Waals surface area contributed by atoms with Crippen LogP contribution in [0.15, 0.2) is 34.8 Å². The number of aliphatic hydroxyl groups excluding tert-OH is 3. The molecule has 1 aromatic rings. The van der Waals surface area contributed by atoms with Crippen molar-refractivity contribution in [2.45, 2.75) is 62.7 Å². The summed E-state index contributed by atoms with van der Waals surface area (Å²) in [5.41, 5.74) is 1.52. The molecule has 0 fully saturated rings. The number of primary amides is 1. The SMILES string of the molecule is C[C@H]1c2ccc(C(C)(C)CCCN(C)C)c(O)c2C(=O)C2=C(O)[C@]3(O)C(=O)C(C(N)=O)=C(O)[C@@H](N(C)C)[C@@H]3[C@@H](O)[C@@H]21. The van der Waals surface area contributed by atoms with Gasteiger partial charge in [0.25, 0.3) is 5.91 Å². The minimum atomic E-state index is -2.93. The number of rotatable bonds is 7. The number of nitrogens with zero attached hydrogens (tertiary/aromatic N) is 2. The van der Waals surface area contributed by atoms with E-state index in [1.54, 1.807) is 19.1 Å². The van der Waals surface area contributed by atoms with Crippen LogP contribution in [0.5, 0.6) is 5.75 Å². The molecule has 0 spiro atoms. The summed E-state index contributed by atoms with van der Waals surface area (Å²) in [6, 6.07) is 2.22. The molecule has 0 bridgehead atoms. The van der Waals surface area contributed by atoms with Crippen molar-refractivity contribution in [1.29, 1.82) is 0 Å². The van der Waals surface area contributed by atoms with E-state index in [-0.39, 0.29) is 11.3 Å². The maximum absolute atomic E-state index is 14.1. The minimum Gasteiger partial charge on any atom is -0.510 e. The van der Waals surface area contributed by atoms with E-state index in [2.05, 4.69) is 4.90 Å². The molecule has 3 aliphatic carbocycles. The number of ketones is 2. The predicted molar refractivity (Wildman–Crippen MR) is 151 cm³/mol. The Morgan fingerprint density at radius 1 is 1.10 bits per heavy atom. The number of aliphatic hydroxyl groups is 4. The number of carbonyl (C=O) groups is 3. The van der Waals surface area contributed by atoms with Crippen molar-refractivity contribution in [3.63, 3.8) is 0 Å². The zero-order valence-corrected chi connectivity index (χ0v) is 24.6. The van der Waals surface area contributed by atoms with E-state index in [1.165, 1.54) is 19.0 Å². The van der Waals surface area contributed by atoms with Gasteiger partial charge in [-0.3, -0.25) is 19.3 Å². The molecule has 224 valence electrons. The van der Waals surface area contributed by atoms with Gasteiger partial charge in [-0.25, -0.2) is 0 Å². The Kier molecular flexibility index (Phi) is 7.66. The van der Waals surface area contributed by atoms with E-state index in [0.29, 0.717) is 17.5 Å².